The van der Waals surface area contributed by atoms with Crippen LogP contribution in [0, 0.1) is 5.92 Å². The maximum Gasteiger partial charge on any atom is 0.317 e. The Kier molecular flexibility index (Phi) is 6.78. The van der Waals surface area contributed by atoms with E-state index in [1.165, 1.54) is 0 Å². The third kappa shape index (κ3) is 4.67. The number of rotatable bonds is 6. The standard InChI is InChI=1S/C14H27N3O3/c1-4-11(13(18)19)10-15-14(20)16(3)12-6-8-17(5-2)9-7-12/h11-12H,4-10H2,1-3H3,(H,15,20)(H,18,19). The first-order chi connectivity index (χ1) is 9.49. The first-order valence-corrected chi connectivity index (χ1v) is 7.45. The number of amides is 2. The van der Waals surface area contributed by atoms with Crippen molar-refractivity contribution < 1.29 is 14.7 Å². The summed E-state index contributed by atoms with van der Waals surface area (Å²) in [6, 6.07) is 0.0855. The van der Waals surface area contributed by atoms with Crippen LogP contribution in [-0.2, 0) is 4.79 Å². The molecule has 1 saturated heterocycles. The van der Waals surface area contributed by atoms with Crippen molar-refractivity contribution in [2.24, 2.45) is 5.92 Å². The van der Waals surface area contributed by atoms with Crippen LogP contribution >= 0.6 is 0 Å². The van der Waals surface area contributed by atoms with Crippen LogP contribution in [0.5, 0.6) is 0 Å². The van der Waals surface area contributed by atoms with E-state index in [9.17, 15) is 9.59 Å². The number of likely N-dealkylation sites (tertiary alicyclic amines) is 1. The summed E-state index contributed by atoms with van der Waals surface area (Å²) >= 11 is 0. The number of nitrogens with zero attached hydrogens (tertiary/aromatic N) is 2. The Morgan fingerprint density at radius 2 is 1.95 bits per heavy atom. The molecular weight excluding hydrogens is 258 g/mol. The molecule has 2 N–H and O–H groups in total. The molecule has 1 fully saturated rings. The minimum absolute atomic E-state index is 0.167. The minimum atomic E-state index is -0.855. The molecule has 1 heterocycles. The fraction of sp³-hybridized carbons (Fsp3) is 0.857. The number of urea groups is 1. The molecule has 1 aliphatic rings. The van der Waals surface area contributed by atoms with Gasteiger partial charge in [-0.05, 0) is 25.8 Å². The fourth-order valence-electron chi connectivity index (χ4n) is 2.53. The van der Waals surface area contributed by atoms with E-state index in [-0.39, 0.29) is 18.6 Å². The second-order valence-corrected chi connectivity index (χ2v) is 5.41. The smallest absolute Gasteiger partial charge is 0.317 e. The predicted octanol–water partition coefficient (Wildman–Crippen LogP) is 1.22. The molecule has 2 amide bonds. The first-order valence-electron chi connectivity index (χ1n) is 7.45. The predicted molar refractivity (Wildman–Crippen MR) is 77.7 cm³/mol. The molecule has 1 unspecified atom stereocenters. The summed E-state index contributed by atoms with van der Waals surface area (Å²) in [5, 5.41) is 11.7. The van der Waals surface area contributed by atoms with Crippen LogP contribution in [0.4, 0.5) is 4.79 Å². The highest BCUT2D eigenvalue weighted by molar-refractivity contribution is 5.76. The van der Waals surface area contributed by atoms with Crippen molar-refractivity contribution in [3.05, 3.63) is 0 Å². The van der Waals surface area contributed by atoms with Gasteiger partial charge in [0.15, 0.2) is 0 Å². The van der Waals surface area contributed by atoms with Crippen LogP contribution in [0.2, 0.25) is 0 Å². The summed E-state index contributed by atoms with van der Waals surface area (Å²) in [6.45, 7) is 7.25. The Labute approximate surface area is 121 Å². The van der Waals surface area contributed by atoms with Crippen LogP contribution in [0.3, 0.4) is 0 Å². The molecule has 1 atom stereocenters. The Morgan fingerprint density at radius 1 is 1.35 bits per heavy atom. The molecule has 0 aromatic rings. The third-order valence-electron chi connectivity index (χ3n) is 4.21. The van der Waals surface area contributed by atoms with Crippen molar-refractivity contribution in [3.8, 4) is 0 Å². The molecule has 0 bridgehead atoms. The topological polar surface area (TPSA) is 72.9 Å². The number of carbonyl (C=O) groups is 2. The normalized spacial score (nSPS) is 18.6. The van der Waals surface area contributed by atoms with Crippen molar-refractivity contribution in [2.45, 2.75) is 39.2 Å². The lowest BCUT2D eigenvalue weighted by Gasteiger charge is -2.36. The molecule has 0 aromatic heterocycles. The van der Waals surface area contributed by atoms with E-state index in [1.54, 1.807) is 11.9 Å². The summed E-state index contributed by atoms with van der Waals surface area (Å²) in [5.41, 5.74) is 0. The van der Waals surface area contributed by atoms with E-state index in [2.05, 4.69) is 17.1 Å². The van der Waals surface area contributed by atoms with Gasteiger partial charge < -0.3 is 20.2 Å². The second-order valence-electron chi connectivity index (χ2n) is 5.41. The molecule has 0 saturated carbocycles. The van der Waals surface area contributed by atoms with E-state index in [0.717, 1.165) is 32.5 Å². The molecule has 1 aliphatic heterocycles. The largest absolute Gasteiger partial charge is 0.481 e. The van der Waals surface area contributed by atoms with Gasteiger partial charge in [0.05, 0.1) is 5.92 Å². The van der Waals surface area contributed by atoms with Crippen LogP contribution in [-0.4, -0.2) is 66.2 Å². The molecule has 0 radical (unpaired) electrons. The van der Waals surface area contributed by atoms with Gasteiger partial charge >= 0.3 is 12.0 Å². The number of carboxylic acids is 1. The quantitative estimate of drug-likeness (QED) is 0.769. The van der Waals surface area contributed by atoms with Gasteiger partial charge in [-0.15, -0.1) is 0 Å². The average molecular weight is 285 g/mol. The average Bonchev–Trinajstić information content (AvgIpc) is 2.46. The van der Waals surface area contributed by atoms with Crippen LogP contribution in [0.1, 0.15) is 33.1 Å². The van der Waals surface area contributed by atoms with Gasteiger partial charge in [0.2, 0.25) is 0 Å². The van der Waals surface area contributed by atoms with Crippen molar-refractivity contribution in [1.82, 2.24) is 15.1 Å². The lowest BCUT2D eigenvalue weighted by molar-refractivity contribution is -0.141. The van der Waals surface area contributed by atoms with Crippen molar-refractivity contribution in [1.29, 1.82) is 0 Å². The van der Waals surface area contributed by atoms with Crippen LogP contribution in [0.15, 0.2) is 0 Å². The first kappa shape index (κ1) is 16.8. The molecule has 116 valence electrons. The molecule has 0 spiro atoms. The molecule has 0 aliphatic carbocycles. The Hall–Kier alpha value is -1.30. The van der Waals surface area contributed by atoms with Gasteiger partial charge in [-0.2, -0.15) is 0 Å². The highest BCUT2D eigenvalue weighted by Crippen LogP contribution is 2.15. The Balaban J connectivity index is 2.37. The molecule has 6 nitrogen and oxygen atoms in total. The van der Waals surface area contributed by atoms with Gasteiger partial charge in [0.25, 0.3) is 0 Å². The number of hydrogen-bond acceptors (Lipinski definition) is 3. The zero-order chi connectivity index (χ0) is 15.1. The summed E-state index contributed by atoms with van der Waals surface area (Å²) in [7, 11) is 1.79. The SMILES string of the molecule is CCC(CNC(=O)N(C)C1CCN(CC)CC1)C(=O)O. The van der Waals surface area contributed by atoms with Crippen LogP contribution in [0.25, 0.3) is 0 Å². The monoisotopic (exact) mass is 285 g/mol. The van der Waals surface area contributed by atoms with E-state index < -0.39 is 11.9 Å². The molecule has 1 rings (SSSR count). The molecule has 20 heavy (non-hydrogen) atoms. The van der Waals surface area contributed by atoms with Crippen molar-refractivity contribution >= 4 is 12.0 Å². The van der Waals surface area contributed by atoms with Gasteiger partial charge in [-0.3, -0.25) is 4.79 Å². The summed E-state index contributed by atoms with van der Waals surface area (Å²) in [6.07, 6.45) is 2.48. The van der Waals surface area contributed by atoms with E-state index >= 15 is 0 Å². The van der Waals surface area contributed by atoms with Gasteiger partial charge in [0.1, 0.15) is 0 Å². The van der Waals surface area contributed by atoms with Crippen LogP contribution < -0.4 is 5.32 Å². The van der Waals surface area contributed by atoms with Gasteiger partial charge in [-0.25, -0.2) is 4.79 Å². The van der Waals surface area contributed by atoms with E-state index in [4.69, 9.17) is 5.11 Å². The van der Waals surface area contributed by atoms with E-state index in [0.29, 0.717) is 6.42 Å². The number of carbonyl (C=O) groups excluding carboxylic acids is 1. The molecule has 0 aromatic carbocycles. The minimum Gasteiger partial charge on any atom is -0.481 e. The highest BCUT2D eigenvalue weighted by atomic mass is 16.4. The maximum absolute atomic E-state index is 12.0. The molecular formula is C14H27N3O3. The summed E-state index contributed by atoms with van der Waals surface area (Å²) in [5.74, 6) is -1.36. The second kappa shape index (κ2) is 8.09. The molecule has 6 heteroatoms. The Bertz CT molecular complexity index is 328. The van der Waals surface area contributed by atoms with Gasteiger partial charge in [0, 0.05) is 32.7 Å². The number of hydrogen-bond donors (Lipinski definition) is 2. The lowest BCUT2D eigenvalue weighted by Crippen LogP contribution is -2.49. The summed E-state index contributed by atoms with van der Waals surface area (Å²) in [4.78, 5) is 27.1. The number of piperidine rings is 1. The highest BCUT2D eigenvalue weighted by Gasteiger charge is 2.25. The number of nitrogens with one attached hydrogen (secondary N) is 1. The Morgan fingerprint density at radius 3 is 2.40 bits per heavy atom. The lowest BCUT2D eigenvalue weighted by atomic mass is 10.0. The number of aliphatic carboxylic acids is 1. The van der Waals surface area contributed by atoms with Crippen molar-refractivity contribution in [3.63, 3.8) is 0 Å². The zero-order valence-corrected chi connectivity index (χ0v) is 12.8. The third-order valence-corrected chi connectivity index (χ3v) is 4.21. The fourth-order valence-corrected chi connectivity index (χ4v) is 2.53. The maximum atomic E-state index is 12.0. The zero-order valence-electron chi connectivity index (χ0n) is 12.8. The summed E-state index contributed by atoms with van der Waals surface area (Å²) < 4.78 is 0. The number of carboxylic acid groups (broad SMARTS) is 1. The van der Waals surface area contributed by atoms with Crippen molar-refractivity contribution in [2.75, 3.05) is 33.2 Å². The van der Waals surface area contributed by atoms with Gasteiger partial charge in [-0.1, -0.05) is 13.8 Å². The van der Waals surface area contributed by atoms with E-state index in [1.807, 2.05) is 6.92 Å².